The van der Waals surface area contributed by atoms with Crippen molar-refractivity contribution in [3.8, 4) is 0 Å². The summed E-state index contributed by atoms with van der Waals surface area (Å²) in [7, 11) is 0. The number of thiocarbonyl (C=S) groups is 1. The summed E-state index contributed by atoms with van der Waals surface area (Å²) in [6.45, 7) is 5.23. The SMILES string of the molecule is C[C@@H](NC(=S)Nc1cccc(F)c1)[C@H](c1cccs1)N1CCN(c2ccccc2F)CC1. The Balaban J connectivity index is 1.43. The van der Waals surface area contributed by atoms with Crippen LogP contribution in [0.2, 0.25) is 0 Å². The maximum absolute atomic E-state index is 14.2. The lowest BCUT2D eigenvalue weighted by atomic mass is 10.0. The molecule has 1 fully saturated rings. The number of nitrogens with zero attached hydrogens (tertiary/aromatic N) is 2. The molecular weight excluding hydrogens is 446 g/mol. The molecule has 4 nitrogen and oxygen atoms in total. The molecule has 0 saturated carbocycles. The highest BCUT2D eigenvalue weighted by molar-refractivity contribution is 7.80. The normalized spacial score (nSPS) is 16.4. The molecule has 0 unspecified atom stereocenters. The van der Waals surface area contributed by atoms with E-state index in [1.54, 1.807) is 29.5 Å². The largest absolute Gasteiger partial charge is 0.367 e. The molecule has 2 heterocycles. The molecular formula is C24H26F2N4S2. The molecule has 32 heavy (non-hydrogen) atoms. The second-order valence-corrected chi connectivity index (χ2v) is 9.22. The molecule has 2 aromatic carbocycles. The fourth-order valence-electron chi connectivity index (χ4n) is 4.17. The molecule has 2 atom stereocenters. The van der Waals surface area contributed by atoms with E-state index in [2.05, 4.69) is 44.9 Å². The first kappa shape index (κ1) is 22.6. The van der Waals surface area contributed by atoms with Crippen LogP contribution in [0.5, 0.6) is 0 Å². The summed E-state index contributed by atoms with van der Waals surface area (Å²) in [5.41, 5.74) is 1.27. The summed E-state index contributed by atoms with van der Waals surface area (Å²) in [6, 6.07) is 17.5. The van der Waals surface area contributed by atoms with E-state index in [4.69, 9.17) is 12.2 Å². The average molecular weight is 473 g/mol. The van der Waals surface area contributed by atoms with Crippen molar-refractivity contribution in [2.45, 2.75) is 19.0 Å². The van der Waals surface area contributed by atoms with Gasteiger partial charge in [0.05, 0.1) is 11.7 Å². The van der Waals surface area contributed by atoms with E-state index in [9.17, 15) is 8.78 Å². The molecule has 1 aliphatic heterocycles. The molecule has 168 valence electrons. The number of halogens is 2. The van der Waals surface area contributed by atoms with Crippen LogP contribution in [0.3, 0.4) is 0 Å². The van der Waals surface area contributed by atoms with Gasteiger partial charge in [-0.2, -0.15) is 0 Å². The monoisotopic (exact) mass is 472 g/mol. The van der Waals surface area contributed by atoms with Crippen molar-refractivity contribution in [3.05, 3.63) is 82.6 Å². The Kier molecular flexibility index (Phi) is 7.34. The molecule has 0 radical (unpaired) electrons. The lowest BCUT2D eigenvalue weighted by molar-refractivity contribution is 0.163. The van der Waals surface area contributed by atoms with Crippen LogP contribution in [0.25, 0.3) is 0 Å². The van der Waals surface area contributed by atoms with Gasteiger partial charge in [-0.15, -0.1) is 11.3 Å². The predicted molar refractivity (Wildman–Crippen MR) is 132 cm³/mol. The first-order chi connectivity index (χ1) is 15.5. The molecule has 0 spiro atoms. The molecule has 2 N–H and O–H groups in total. The molecule has 3 aromatic rings. The smallest absolute Gasteiger partial charge is 0.171 e. The summed E-state index contributed by atoms with van der Waals surface area (Å²) in [6.07, 6.45) is 0. The van der Waals surface area contributed by atoms with Crippen molar-refractivity contribution in [1.29, 1.82) is 0 Å². The maximum Gasteiger partial charge on any atom is 0.171 e. The standard InChI is InChI=1S/C24H26F2N4S2/c1-17(27-24(31)28-19-7-4-6-18(25)16-19)23(22-10-5-15-32-22)30-13-11-29(12-14-30)21-9-3-2-8-20(21)26/h2-10,15-17,23H,11-14H2,1H3,(H2,27,28,31)/t17-,23-/m1/s1. The number of nitrogens with one attached hydrogen (secondary N) is 2. The minimum Gasteiger partial charge on any atom is -0.367 e. The zero-order chi connectivity index (χ0) is 22.5. The zero-order valence-corrected chi connectivity index (χ0v) is 19.4. The summed E-state index contributed by atoms with van der Waals surface area (Å²) < 4.78 is 27.7. The Morgan fingerprint density at radius 2 is 1.78 bits per heavy atom. The van der Waals surface area contributed by atoms with Gasteiger partial charge in [0.2, 0.25) is 0 Å². The number of piperazine rings is 1. The minimum atomic E-state index is -0.310. The van der Waals surface area contributed by atoms with Gasteiger partial charge in [0.25, 0.3) is 0 Å². The van der Waals surface area contributed by atoms with Gasteiger partial charge in [-0.25, -0.2) is 8.78 Å². The van der Waals surface area contributed by atoms with Crippen molar-refractivity contribution < 1.29 is 8.78 Å². The lowest BCUT2D eigenvalue weighted by Gasteiger charge is -2.42. The number of thiophene rings is 1. The average Bonchev–Trinajstić information content (AvgIpc) is 3.29. The highest BCUT2D eigenvalue weighted by Gasteiger charge is 2.31. The summed E-state index contributed by atoms with van der Waals surface area (Å²) in [4.78, 5) is 5.77. The predicted octanol–water partition coefficient (Wildman–Crippen LogP) is 5.26. The number of benzene rings is 2. The number of rotatable bonds is 6. The van der Waals surface area contributed by atoms with E-state index in [1.165, 1.54) is 23.1 Å². The molecule has 8 heteroatoms. The Hall–Kier alpha value is -2.55. The third kappa shape index (κ3) is 5.43. The molecule has 1 aliphatic rings. The van der Waals surface area contributed by atoms with E-state index in [1.807, 2.05) is 12.1 Å². The third-order valence-corrected chi connectivity index (χ3v) is 6.81. The van der Waals surface area contributed by atoms with Crippen molar-refractivity contribution in [1.82, 2.24) is 10.2 Å². The van der Waals surface area contributed by atoms with Crippen LogP contribution in [0.1, 0.15) is 17.8 Å². The van der Waals surface area contributed by atoms with Crippen LogP contribution >= 0.6 is 23.6 Å². The fraction of sp³-hybridized carbons (Fsp3) is 0.292. The van der Waals surface area contributed by atoms with Gasteiger partial charge in [-0.1, -0.05) is 24.3 Å². The first-order valence-electron chi connectivity index (χ1n) is 10.6. The van der Waals surface area contributed by atoms with Gasteiger partial charge >= 0.3 is 0 Å². The topological polar surface area (TPSA) is 30.5 Å². The molecule has 4 rings (SSSR count). The van der Waals surface area contributed by atoms with Crippen LogP contribution in [0.15, 0.2) is 66.0 Å². The minimum absolute atomic E-state index is 0.0159. The zero-order valence-electron chi connectivity index (χ0n) is 17.8. The molecule has 1 saturated heterocycles. The van der Waals surface area contributed by atoms with Crippen molar-refractivity contribution >= 4 is 40.0 Å². The van der Waals surface area contributed by atoms with E-state index >= 15 is 0 Å². The quantitative estimate of drug-likeness (QED) is 0.478. The van der Waals surface area contributed by atoms with Crippen LogP contribution in [-0.2, 0) is 0 Å². The Morgan fingerprint density at radius 1 is 1.00 bits per heavy atom. The van der Waals surface area contributed by atoms with Gasteiger partial charge in [0.15, 0.2) is 5.11 Å². The summed E-state index contributed by atoms with van der Waals surface area (Å²) in [5.74, 6) is -0.491. The van der Waals surface area contributed by atoms with E-state index in [-0.39, 0.29) is 23.7 Å². The Labute approximate surface area is 196 Å². The number of anilines is 2. The highest BCUT2D eigenvalue weighted by atomic mass is 32.1. The molecule has 0 bridgehead atoms. The summed E-state index contributed by atoms with van der Waals surface area (Å²) in [5, 5.41) is 8.97. The highest BCUT2D eigenvalue weighted by Crippen LogP contribution is 2.30. The van der Waals surface area contributed by atoms with E-state index < -0.39 is 0 Å². The van der Waals surface area contributed by atoms with Crippen molar-refractivity contribution in [2.24, 2.45) is 0 Å². The van der Waals surface area contributed by atoms with Gasteiger partial charge in [-0.05, 0) is 60.9 Å². The van der Waals surface area contributed by atoms with Crippen LogP contribution in [0.4, 0.5) is 20.2 Å². The van der Waals surface area contributed by atoms with E-state index in [0.29, 0.717) is 16.5 Å². The van der Waals surface area contributed by atoms with Crippen molar-refractivity contribution in [2.75, 3.05) is 36.4 Å². The summed E-state index contributed by atoms with van der Waals surface area (Å²) >= 11 is 7.21. The Bertz CT molecular complexity index is 1040. The van der Waals surface area contributed by atoms with Crippen LogP contribution < -0.4 is 15.5 Å². The maximum atomic E-state index is 14.2. The molecule has 1 aromatic heterocycles. The van der Waals surface area contributed by atoms with Crippen LogP contribution in [-0.4, -0.2) is 42.2 Å². The van der Waals surface area contributed by atoms with Gasteiger partial charge in [0, 0.05) is 42.8 Å². The second kappa shape index (κ2) is 10.4. The fourth-order valence-corrected chi connectivity index (χ4v) is 5.44. The Morgan fingerprint density at radius 3 is 2.47 bits per heavy atom. The lowest BCUT2D eigenvalue weighted by Crippen LogP contribution is -2.52. The van der Waals surface area contributed by atoms with Gasteiger partial charge in [0.1, 0.15) is 11.6 Å². The number of hydrogen-bond donors (Lipinski definition) is 2. The molecule has 0 aliphatic carbocycles. The van der Waals surface area contributed by atoms with Gasteiger partial charge < -0.3 is 15.5 Å². The second-order valence-electron chi connectivity index (χ2n) is 7.83. The first-order valence-corrected chi connectivity index (χ1v) is 11.9. The molecule has 0 amide bonds. The number of hydrogen-bond acceptors (Lipinski definition) is 4. The third-order valence-electron chi connectivity index (χ3n) is 5.65. The van der Waals surface area contributed by atoms with E-state index in [0.717, 1.165) is 26.2 Å². The number of para-hydroxylation sites is 1. The van der Waals surface area contributed by atoms with Crippen molar-refractivity contribution in [3.63, 3.8) is 0 Å². The van der Waals surface area contributed by atoms with Crippen LogP contribution in [0, 0.1) is 11.6 Å². The van der Waals surface area contributed by atoms with Gasteiger partial charge in [-0.3, -0.25) is 4.90 Å².